The molecule has 0 amide bonds. The molecule has 0 aliphatic heterocycles. The van der Waals surface area contributed by atoms with E-state index < -0.39 is 0 Å². The fourth-order valence-electron chi connectivity index (χ4n) is 1.98. The van der Waals surface area contributed by atoms with Crippen molar-refractivity contribution in [3.8, 4) is 12.3 Å². The molecule has 0 aromatic heterocycles. The molecule has 0 heterocycles. The lowest BCUT2D eigenvalue weighted by molar-refractivity contribution is 0.467. The summed E-state index contributed by atoms with van der Waals surface area (Å²) in [6.07, 6.45) is 10.3. The van der Waals surface area contributed by atoms with Gasteiger partial charge >= 0.3 is 0 Å². The van der Waals surface area contributed by atoms with Gasteiger partial charge in [0.1, 0.15) is 5.82 Å². The SMILES string of the molecule is C#CCCCC(Cc1ccc(F)cc1)NCCC. The van der Waals surface area contributed by atoms with Crippen LogP contribution in [0, 0.1) is 18.2 Å². The van der Waals surface area contributed by atoms with Crippen molar-refractivity contribution in [2.75, 3.05) is 6.54 Å². The van der Waals surface area contributed by atoms with E-state index in [4.69, 9.17) is 6.42 Å². The molecular weight excluding hydrogens is 225 g/mol. The standard InChI is InChI=1S/C16H22FN/c1-3-5-6-7-16(18-12-4-2)13-14-8-10-15(17)11-9-14/h1,8-11,16,18H,4-7,12-13H2,2H3. The van der Waals surface area contributed by atoms with E-state index in [0.29, 0.717) is 6.04 Å². The number of halogens is 1. The highest BCUT2D eigenvalue weighted by Crippen LogP contribution is 2.10. The quantitative estimate of drug-likeness (QED) is 0.547. The predicted octanol–water partition coefficient (Wildman–Crippen LogP) is 3.54. The first-order valence-electron chi connectivity index (χ1n) is 6.67. The molecule has 0 bridgehead atoms. The number of terminal acetylenes is 1. The summed E-state index contributed by atoms with van der Waals surface area (Å²) in [7, 11) is 0. The van der Waals surface area contributed by atoms with E-state index in [0.717, 1.165) is 38.6 Å². The zero-order valence-corrected chi connectivity index (χ0v) is 11.1. The lowest BCUT2D eigenvalue weighted by atomic mass is 10.0. The maximum absolute atomic E-state index is 12.8. The Labute approximate surface area is 110 Å². The molecule has 0 aliphatic rings. The van der Waals surface area contributed by atoms with Crippen LogP contribution in [0.5, 0.6) is 0 Å². The number of nitrogens with one attached hydrogen (secondary N) is 1. The lowest BCUT2D eigenvalue weighted by Gasteiger charge is -2.18. The topological polar surface area (TPSA) is 12.0 Å². The maximum Gasteiger partial charge on any atom is 0.123 e. The van der Waals surface area contributed by atoms with Gasteiger partial charge in [0.2, 0.25) is 0 Å². The summed E-state index contributed by atoms with van der Waals surface area (Å²) < 4.78 is 12.8. The predicted molar refractivity (Wildman–Crippen MR) is 74.9 cm³/mol. The Bertz CT molecular complexity index is 364. The van der Waals surface area contributed by atoms with Crippen LogP contribution in [0.15, 0.2) is 24.3 Å². The van der Waals surface area contributed by atoms with Crippen LogP contribution in [0.4, 0.5) is 4.39 Å². The monoisotopic (exact) mass is 247 g/mol. The van der Waals surface area contributed by atoms with Gasteiger partial charge in [-0.1, -0.05) is 19.1 Å². The second kappa shape index (κ2) is 8.72. The molecule has 18 heavy (non-hydrogen) atoms. The molecule has 98 valence electrons. The van der Waals surface area contributed by atoms with E-state index in [-0.39, 0.29) is 5.82 Å². The molecule has 1 aromatic carbocycles. The summed E-state index contributed by atoms with van der Waals surface area (Å²) in [6, 6.07) is 7.19. The Hall–Kier alpha value is -1.33. The summed E-state index contributed by atoms with van der Waals surface area (Å²) in [6.45, 7) is 3.17. The second-order valence-electron chi connectivity index (χ2n) is 4.58. The van der Waals surface area contributed by atoms with Crippen molar-refractivity contribution in [3.63, 3.8) is 0 Å². The van der Waals surface area contributed by atoms with E-state index in [9.17, 15) is 4.39 Å². The molecule has 0 saturated heterocycles. The van der Waals surface area contributed by atoms with Crippen molar-refractivity contribution in [1.29, 1.82) is 0 Å². The minimum Gasteiger partial charge on any atom is -0.314 e. The van der Waals surface area contributed by atoms with Gasteiger partial charge in [0.25, 0.3) is 0 Å². The highest BCUT2D eigenvalue weighted by Gasteiger charge is 2.08. The Morgan fingerprint density at radius 1 is 1.33 bits per heavy atom. The first-order chi connectivity index (χ1) is 8.76. The minimum absolute atomic E-state index is 0.177. The van der Waals surface area contributed by atoms with E-state index in [1.54, 1.807) is 0 Å². The summed E-state index contributed by atoms with van der Waals surface area (Å²) >= 11 is 0. The molecule has 0 saturated carbocycles. The van der Waals surface area contributed by atoms with Crippen LogP contribution in [-0.4, -0.2) is 12.6 Å². The maximum atomic E-state index is 12.8. The number of benzene rings is 1. The van der Waals surface area contributed by atoms with Crippen molar-refractivity contribution in [2.24, 2.45) is 0 Å². The van der Waals surface area contributed by atoms with Gasteiger partial charge in [-0.2, -0.15) is 0 Å². The summed E-state index contributed by atoms with van der Waals surface area (Å²) in [5.41, 5.74) is 1.17. The number of rotatable bonds is 8. The van der Waals surface area contributed by atoms with Crippen LogP contribution in [0.3, 0.4) is 0 Å². The Morgan fingerprint density at radius 3 is 2.67 bits per heavy atom. The van der Waals surface area contributed by atoms with E-state index >= 15 is 0 Å². The van der Waals surface area contributed by atoms with Gasteiger partial charge < -0.3 is 5.32 Å². The summed E-state index contributed by atoms with van der Waals surface area (Å²) in [5, 5.41) is 3.53. The Morgan fingerprint density at radius 2 is 2.06 bits per heavy atom. The largest absolute Gasteiger partial charge is 0.314 e. The lowest BCUT2D eigenvalue weighted by Crippen LogP contribution is -2.31. The Balaban J connectivity index is 2.48. The van der Waals surface area contributed by atoms with Crippen molar-refractivity contribution in [1.82, 2.24) is 5.32 Å². The Kier molecular flexibility index (Phi) is 7.13. The molecule has 0 aliphatic carbocycles. The average molecular weight is 247 g/mol. The molecule has 1 N–H and O–H groups in total. The molecule has 0 spiro atoms. The molecule has 1 unspecified atom stereocenters. The van der Waals surface area contributed by atoms with Gasteiger partial charge in [-0.3, -0.25) is 0 Å². The first kappa shape index (κ1) is 14.7. The summed E-state index contributed by atoms with van der Waals surface area (Å²) in [4.78, 5) is 0. The van der Waals surface area contributed by atoms with Crippen LogP contribution >= 0.6 is 0 Å². The molecule has 0 radical (unpaired) electrons. The van der Waals surface area contributed by atoms with Crippen LogP contribution < -0.4 is 5.32 Å². The third-order valence-corrected chi connectivity index (χ3v) is 2.95. The van der Waals surface area contributed by atoms with E-state index in [1.165, 1.54) is 17.7 Å². The molecule has 1 rings (SSSR count). The fraction of sp³-hybridized carbons (Fsp3) is 0.500. The van der Waals surface area contributed by atoms with Gasteiger partial charge in [-0.25, -0.2) is 4.39 Å². The van der Waals surface area contributed by atoms with Gasteiger partial charge in [0, 0.05) is 12.5 Å². The number of unbranched alkanes of at least 4 members (excludes halogenated alkanes) is 1. The highest BCUT2D eigenvalue weighted by atomic mass is 19.1. The van der Waals surface area contributed by atoms with Crippen molar-refractivity contribution in [3.05, 3.63) is 35.6 Å². The van der Waals surface area contributed by atoms with E-state index in [1.807, 2.05) is 12.1 Å². The molecule has 2 heteroatoms. The van der Waals surface area contributed by atoms with Crippen LogP contribution in [-0.2, 0) is 6.42 Å². The summed E-state index contributed by atoms with van der Waals surface area (Å²) in [5.74, 6) is 2.50. The van der Waals surface area contributed by atoms with Gasteiger partial charge in [-0.15, -0.1) is 12.3 Å². The molecule has 1 aromatic rings. The zero-order valence-electron chi connectivity index (χ0n) is 11.1. The second-order valence-corrected chi connectivity index (χ2v) is 4.58. The number of hydrogen-bond donors (Lipinski definition) is 1. The van der Waals surface area contributed by atoms with Crippen molar-refractivity contribution >= 4 is 0 Å². The van der Waals surface area contributed by atoms with E-state index in [2.05, 4.69) is 18.2 Å². The minimum atomic E-state index is -0.177. The van der Waals surface area contributed by atoms with Crippen LogP contribution in [0.2, 0.25) is 0 Å². The average Bonchev–Trinajstić information content (AvgIpc) is 2.38. The van der Waals surface area contributed by atoms with Gasteiger partial charge in [0.15, 0.2) is 0 Å². The fourth-order valence-corrected chi connectivity index (χ4v) is 1.98. The van der Waals surface area contributed by atoms with Crippen molar-refractivity contribution < 1.29 is 4.39 Å². The molecule has 0 fully saturated rings. The third-order valence-electron chi connectivity index (χ3n) is 2.95. The molecule has 1 nitrogen and oxygen atoms in total. The van der Waals surface area contributed by atoms with Crippen molar-refractivity contribution in [2.45, 2.75) is 45.1 Å². The molecule has 1 atom stereocenters. The van der Waals surface area contributed by atoms with Gasteiger partial charge in [-0.05, 0) is 49.9 Å². The first-order valence-corrected chi connectivity index (χ1v) is 6.67. The van der Waals surface area contributed by atoms with Gasteiger partial charge in [0.05, 0.1) is 0 Å². The smallest absolute Gasteiger partial charge is 0.123 e. The number of hydrogen-bond acceptors (Lipinski definition) is 1. The molecular formula is C16H22FN. The normalized spacial score (nSPS) is 12.1. The van der Waals surface area contributed by atoms with Crippen LogP contribution in [0.25, 0.3) is 0 Å². The van der Waals surface area contributed by atoms with Crippen LogP contribution in [0.1, 0.15) is 38.2 Å². The zero-order chi connectivity index (χ0) is 13.2. The third kappa shape index (κ3) is 5.84. The highest BCUT2D eigenvalue weighted by molar-refractivity contribution is 5.17.